The van der Waals surface area contributed by atoms with E-state index in [9.17, 15) is 5.11 Å². The second-order valence-electron chi connectivity index (χ2n) is 8.10. The fourth-order valence-corrected chi connectivity index (χ4v) is 4.05. The Kier molecular flexibility index (Phi) is 5.12. The number of aromatic nitrogens is 1. The van der Waals surface area contributed by atoms with Gasteiger partial charge in [0.25, 0.3) is 0 Å². The van der Waals surface area contributed by atoms with Crippen LogP contribution in [0.5, 0.6) is 17.4 Å². The minimum absolute atomic E-state index is 0. The number of aromatic hydroxyl groups is 1. The Labute approximate surface area is 184 Å². The molecule has 1 aliphatic heterocycles. The normalized spacial score (nSPS) is 21.8. The Hall–Kier alpha value is -2.39. The van der Waals surface area contributed by atoms with Gasteiger partial charge in [-0.1, -0.05) is 37.6 Å². The number of nitrogens with zero attached hydrogens (tertiary/aromatic N) is 2. The van der Waals surface area contributed by atoms with Crippen LogP contribution < -0.4 is 4.74 Å². The third-order valence-electron chi connectivity index (χ3n) is 5.61. The van der Waals surface area contributed by atoms with Gasteiger partial charge in [-0.25, -0.2) is 4.98 Å². The maximum Gasteiger partial charge on any atom is 0.217 e. The van der Waals surface area contributed by atoms with Crippen LogP contribution in [0.1, 0.15) is 32.3 Å². The van der Waals surface area contributed by atoms with Gasteiger partial charge in [0.05, 0.1) is 6.04 Å². The average molecular weight is 569 g/mol. The Balaban J connectivity index is 0.00000205. The maximum absolute atomic E-state index is 10.0. The summed E-state index contributed by atoms with van der Waals surface area (Å²) >= 11 is 0. The van der Waals surface area contributed by atoms with E-state index in [2.05, 4.69) is 24.9 Å². The van der Waals surface area contributed by atoms with Crippen molar-refractivity contribution in [3.05, 3.63) is 60.2 Å². The second kappa shape index (κ2) is 7.46. The van der Waals surface area contributed by atoms with Crippen molar-refractivity contribution in [3.8, 4) is 17.4 Å². The van der Waals surface area contributed by atoms with Gasteiger partial charge < -0.3 is 14.6 Å². The van der Waals surface area contributed by atoms with Crippen molar-refractivity contribution in [2.45, 2.75) is 38.8 Å². The van der Waals surface area contributed by atoms with Crippen LogP contribution in [0.4, 0.5) is 0 Å². The zero-order valence-corrected chi connectivity index (χ0v) is 18.4. The van der Waals surface area contributed by atoms with Crippen LogP contribution in [0.25, 0.3) is 10.9 Å². The van der Waals surface area contributed by atoms with Crippen molar-refractivity contribution in [3.63, 3.8) is 0 Å². The predicted molar refractivity (Wildman–Crippen MR) is 107 cm³/mol. The maximum atomic E-state index is 10.0. The predicted octanol–water partition coefficient (Wildman–Crippen LogP) is 4.86. The van der Waals surface area contributed by atoms with E-state index in [1.54, 1.807) is 18.2 Å². The van der Waals surface area contributed by atoms with E-state index < -0.39 is 0 Å². The quantitative estimate of drug-likeness (QED) is 0.459. The number of phenolic OH excluding ortho intramolecular Hbond substituents is 1. The molecule has 1 aliphatic carbocycles. The average Bonchev–Trinajstić information content (AvgIpc) is 3.24. The van der Waals surface area contributed by atoms with Crippen molar-refractivity contribution in [2.24, 2.45) is 10.4 Å². The summed E-state index contributed by atoms with van der Waals surface area (Å²) in [5, 5.41) is 10.9. The third-order valence-corrected chi connectivity index (χ3v) is 5.61. The van der Waals surface area contributed by atoms with E-state index in [1.165, 1.54) is 0 Å². The van der Waals surface area contributed by atoms with Gasteiger partial charge in [-0.05, 0) is 25.0 Å². The molecule has 6 heteroatoms. The Bertz CT molecular complexity index is 1100. The van der Waals surface area contributed by atoms with Gasteiger partial charge in [-0.3, -0.25) is 4.99 Å². The van der Waals surface area contributed by atoms with Gasteiger partial charge in [0, 0.05) is 43.7 Å². The van der Waals surface area contributed by atoms with E-state index in [4.69, 9.17) is 14.5 Å². The van der Waals surface area contributed by atoms with Crippen LogP contribution in [-0.4, -0.2) is 28.1 Å². The standard InChI is InChI=1S/C23H21N2O3.Pt/c1-23(2)12-11-17-21(23)28-22(24-17)15-6-3-7-16(13-15)27-19-10-9-14-5-4-8-18(26)20(14)25-19;/h3-10,17,21,26H,11-12H2,1-2H3;/q-1;/t17-,21+;/m0./s1. The zero-order valence-electron chi connectivity index (χ0n) is 16.2. The van der Waals surface area contributed by atoms with Gasteiger partial charge in [-0.2, -0.15) is 0 Å². The van der Waals surface area contributed by atoms with Gasteiger partial charge in [-0.15, -0.1) is 18.2 Å². The minimum Gasteiger partial charge on any atom is -0.514 e. The van der Waals surface area contributed by atoms with E-state index >= 15 is 0 Å². The van der Waals surface area contributed by atoms with Gasteiger partial charge >= 0.3 is 0 Å². The van der Waals surface area contributed by atoms with Crippen molar-refractivity contribution in [1.29, 1.82) is 0 Å². The Morgan fingerprint density at radius 3 is 2.79 bits per heavy atom. The fraction of sp³-hybridized carbons (Fsp3) is 0.304. The first-order valence-corrected chi connectivity index (χ1v) is 9.53. The van der Waals surface area contributed by atoms with Crippen LogP contribution in [0.3, 0.4) is 0 Å². The molecular formula is C23H21N2O3Pt-. The second-order valence-corrected chi connectivity index (χ2v) is 8.10. The summed E-state index contributed by atoms with van der Waals surface area (Å²) < 4.78 is 12.1. The molecule has 2 aromatic carbocycles. The number of hydrogen-bond donors (Lipinski definition) is 1. The van der Waals surface area contributed by atoms with Crippen LogP contribution in [0, 0.1) is 11.5 Å². The Morgan fingerprint density at radius 2 is 1.97 bits per heavy atom. The molecule has 5 nitrogen and oxygen atoms in total. The molecule has 1 fully saturated rings. The van der Waals surface area contributed by atoms with E-state index in [0.717, 1.165) is 23.8 Å². The third kappa shape index (κ3) is 3.64. The summed E-state index contributed by atoms with van der Waals surface area (Å²) in [6.07, 6.45) is 2.32. The molecule has 0 spiro atoms. The molecule has 2 heterocycles. The number of pyridine rings is 1. The van der Waals surface area contributed by atoms with Crippen molar-refractivity contribution in [2.75, 3.05) is 0 Å². The molecule has 3 aromatic rings. The summed E-state index contributed by atoms with van der Waals surface area (Å²) in [6, 6.07) is 18.0. The number of hydrogen-bond acceptors (Lipinski definition) is 5. The zero-order chi connectivity index (χ0) is 19.3. The summed E-state index contributed by atoms with van der Waals surface area (Å²) in [4.78, 5) is 9.18. The Morgan fingerprint density at radius 1 is 1.14 bits per heavy atom. The first kappa shape index (κ1) is 19.9. The molecule has 5 rings (SSSR count). The summed E-state index contributed by atoms with van der Waals surface area (Å²) in [5.74, 6) is 1.69. The summed E-state index contributed by atoms with van der Waals surface area (Å²) in [5.41, 5.74) is 1.43. The molecular weight excluding hydrogens is 547 g/mol. The van der Waals surface area contributed by atoms with Gasteiger partial charge in [0.15, 0.2) is 0 Å². The molecule has 1 aromatic heterocycles. The largest absolute Gasteiger partial charge is 0.514 e. The number of aliphatic imine (C=N–C) groups is 1. The molecule has 0 bridgehead atoms. The van der Waals surface area contributed by atoms with Crippen LogP contribution in [-0.2, 0) is 25.8 Å². The molecule has 0 saturated heterocycles. The number of benzene rings is 2. The van der Waals surface area contributed by atoms with E-state index in [1.807, 2.05) is 30.3 Å². The number of rotatable bonds is 3. The summed E-state index contributed by atoms with van der Waals surface area (Å²) in [7, 11) is 0. The van der Waals surface area contributed by atoms with E-state index in [-0.39, 0.29) is 44.4 Å². The number of ether oxygens (including phenoxy) is 2. The molecule has 152 valence electrons. The van der Waals surface area contributed by atoms with Crippen LogP contribution >= 0.6 is 0 Å². The molecule has 1 N–H and O–H groups in total. The molecule has 0 unspecified atom stereocenters. The van der Waals surface area contributed by atoms with Crippen molar-refractivity contribution in [1.82, 2.24) is 4.98 Å². The van der Waals surface area contributed by atoms with Gasteiger partial charge in [0.2, 0.25) is 5.88 Å². The van der Waals surface area contributed by atoms with Crippen LogP contribution in [0.15, 0.2) is 53.5 Å². The molecule has 2 atom stereocenters. The number of fused-ring (bicyclic) bond motifs is 2. The molecule has 0 radical (unpaired) electrons. The fourth-order valence-electron chi connectivity index (χ4n) is 4.05. The van der Waals surface area contributed by atoms with Crippen LogP contribution in [0.2, 0.25) is 0 Å². The minimum atomic E-state index is 0. The smallest absolute Gasteiger partial charge is 0.217 e. The molecule has 29 heavy (non-hydrogen) atoms. The van der Waals surface area contributed by atoms with Crippen molar-refractivity contribution < 1.29 is 35.6 Å². The molecule has 0 amide bonds. The van der Waals surface area contributed by atoms with Gasteiger partial charge in [0.1, 0.15) is 23.3 Å². The SMILES string of the molecule is CC1(C)CC[C@@H]2N=C(c3[c-]c(Oc4ccc5cccc(O)c5n4)ccc3)O[C@H]21.[Pt]. The first-order valence-electron chi connectivity index (χ1n) is 9.53. The monoisotopic (exact) mass is 568 g/mol. The molecule has 1 saturated carbocycles. The summed E-state index contributed by atoms with van der Waals surface area (Å²) in [6.45, 7) is 4.47. The first-order chi connectivity index (χ1) is 13.5. The topological polar surface area (TPSA) is 63.9 Å². The number of phenols is 1. The van der Waals surface area contributed by atoms with Crippen molar-refractivity contribution >= 4 is 16.8 Å². The number of para-hydroxylation sites is 1. The van der Waals surface area contributed by atoms with E-state index in [0.29, 0.717) is 23.0 Å². The molecule has 2 aliphatic rings.